The van der Waals surface area contributed by atoms with Gasteiger partial charge >= 0.3 is 0 Å². The van der Waals surface area contributed by atoms with Crippen molar-refractivity contribution in [1.29, 1.82) is 0 Å². The molecule has 0 aliphatic carbocycles. The van der Waals surface area contributed by atoms with Crippen LogP contribution in [0.4, 0.5) is 13.2 Å². The monoisotopic (exact) mass is 352 g/mol. The van der Waals surface area contributed by atoms with Crippen LogP contribution in [0.2, 0.25) is 0 Å². The van der Waals surface area contributed by atoms with Gasteiger partial charge in [0.25, 0.3) is 0 Å². The zero-order valence-corrected chi connectivity index (χ0v) is 14.7. The molecule has 0 spiro atoms. The van der Waals surface area contributed by atoms with Gasteiger partial charge in [-0.05, 0) is 41.7 Å². The fourth-order valence-electron chi connectivity index (χ4n) is 2.76. The summed E-state index contributed by atoms with van der Waals surface area (Å²) in [5, 5.41) is 0. The van der Waals surface area contributed by atoms with Crippen molar-refractivity contribution in [2.45, 2.75) is 20.3 Å². The molecule has 0 radical (unpaired) electrons. The lowest BCUT2D eigenvalue weighted by Crippen LogP contribution is -1.92. The third-order valence-electron chi connectivity index (χ3n) is 4.42. The van der Waals surface area contributed by atoms with Gasteiger partial charge in [0.15, 0.2) is 11.6 Å². The number of hydrogen-bond donors (Lipinski definition) is 0. The summed E-state index contributed by atoms with van der Waals surface area (Å²) >= 11 is 0. The van der Waals surface area contributed by atoms with Crippen LogP contribution in [0.15, 0.2) is 54.6 Å². The minimum atomic E-state index is -0.851. The molecule has 0 aliphatic rings. The molecule has 0 bridgehead atoms. The Labute approximate surface area is 151 Å². The van der Waals surface area contributed by atoms with E-state index in [-0.39, 0.29) is 16.9 Å². The van der Waals surface area contributed by atoms with Gasteiger partial charge in [0.2, 0.25) is 0 Å². The van der Waals surface area contributed by atoms with Gasteiger partial charge in [-0.1, -0.05) is 67.6 Å². The summed E-state index contributed by atoms with van der Waals surface area (Å²) in [5.41, 5.74) is 3.57. The molecule has 3 aromatic rings. The third-order valence-corrected chi connectivity index (χ3v) is 4.42. The standard InChI is InChI=1S/C23H19F3/c1-3-16-8-13-20(21(24)14-16)18-10-5-17(6-11-18)7-12-19-9-4-15(2)22(25)23(19)26/h4-14H,3H2,1-2H3. The Morgan fingerprint density at radius 2 is 1.54 bits per heavy atom. The van der Waals surface area contributed by atoms with Gasteiger partial charge in [0, 0.05) is 11.1 Å². The van der Waals surface area contributed by atoms with Gasteiger partial charge in [0.05, 0.1) is 0 Å². The lowest BCUT2D eigenvalue weighted by molar-refractivity contribution is 0.501. The average Bonchev–Trinajstić information content (AvgIpc) is 2.66. The molecule has 0 atom stereocenters. The summed E-state index contributed by atoms with van der Waals surface area (Å²) in [4.78, 5) is 0. The van der Waals surface area contributed by atoms with Crippen LogP contribution in [0.25, 0.3) is 23.3 Å². The molecule has 132 valence electrons. The van der Waals surface area contributed by atoms with E-state index >= 15 is 0 Å². The highest BCUT2D eigenvalue weighted by molar-refractivity contribution is 5.72. The first-order chi connectivity index (χ1) is 12.5. The lowest BCUT2D eigenvalue weighted by atomic mass is 10.0. The van der Waals surface area contributed by atoms with Gasteiger partial charge < -0.3 is 0 Å². The van der Waals surface area contributed by atoms with Crippen molar-refractivity contribution in [2.75, 3.05) is 0 Å². The van der Waals surface area contributed by atoms with Crippen LogP contribution in [-0.4, -0.2) is 0 Å². The van der Waals surface area contributed by atoms with Crippen molar-refractivity contribution < 1.29 is 13.2 Å². The summed E-state index contributed by atoms with van der Waals surface area (Å²) in [6, 6.07) is 15.6. The van der Waals surface area contributed by atoms with E-state index in [0.29, 0.717) is 5.56 Å². The summed E-state index contributed by atoms with van der Waals surface area (Å²) in [6.45, 7) is 3.51. The molecule has 3 aromatic carbocycles. The Hall–Kier alpha value is -2.81. The summed E-state index contributed by atoms with van der Waals surface area (Å²) in [5.74, 6) is -1.92. The van der Waals surface area contributed by atoms with E-state index in [2.05, 4.69) is 0 Å². The van der Waals surface area contributed by atoms with Crippen molar-refractivity contribution in [2.24, 2.45) is 0 Å². The second-order valence-electron chi connectivity index (χ2n) is 6.22. The van der Waals surface area contributed by atoms with Crippen LogP contribution in [0, 0.1) is 24.4 Å². The van der Waals surface area contributed by atoms with Crippen LogP contribution in [-0.2, 0) is 6.42 Å². The Kier molecular flexibility index (Phi) is 5.27. The topological polar surface area (TPSA) is 0 Å². The number of hydrogen-bond acceptors (Lipinski definition) is 0. The zero-order valence-electron chi connectivity index (χ0n) is 14.7. The predicted octanol–water partition coefficient (Wildman–Crippen LogP) is 6.81. The second-order valence-corrected chi connectivity index (χ2v) is 6.22. The van der Waals surface area contributed by atoms with E-state index < -0.39 is 11.6 Å². The highest BCUT2D eigenvalue weighted by Gasteiger charge is 2.09. The fourth-order valence-corrected chi connectivity index (χ4v) is 2.76. The number of halogens is 3. The molecule has 0 aliphatic heterocycles. The molecular weight excluding hydrogens is 333 g/mol. The van der Waals surface area contributed by atoms with Crippen molar-refractivity contribution >= 4 is 12.2 Å². The maximum atomic E-state index is 14.2. The van der Waals surface area contributed by atoms with Gasteiger partial charge in [-0.15, -0.1) is 0 Å². The summed E-state index contributed by atoms with van der Waals surface area (Å²) < 4.78 is 41.7. The molecule has 0 saturated heterocycles. The molecular formula is C23H19F3. The van der Waals surface area contributed by atoms with Gasteiger partial charge in [-0.3, -0.25) is 0 Å². The van der Waals surface area contributed by atoms with Crippen LogP contribution in [0.3, 0.4) is 0 Å². The Morgan fingerprint density at radius 3 is 2.19 bits per heavy atom. The lowest BCUT2D eigenvalue weighted by Gasteiger charge is -2.06. The molecule has 0 aromatic heterocycles. The Balaban J connectivity index is 1.83. The normalized spacial score (nSPS) is 11.3. The van der Waals surface area contributed by atoms with Crippen molar-refractivity contribution in [3.05, 3.63) is 94.3 Å². The minimum absolute atomic E-state index is 0.193. The molecule has 0 amide bonds. The molecule has 0 nitrogen and oxygen atoms in total. The molecule has 26 heavy (non-hydrogen) atoms. The van der Waals surface area contributed by atoms with Gasteiger partial charge in [-0.2, -0.15) is 0 Å². The first-order valence-corrected chi connectivity index (χ1v) is 8.51. The molecule has 0 saturated carbocycles. The molecule has 0 heterocycles. The minimum Gasteiger partial charge on any atom is -0.206 e. The first kappa shape index (κ1) is 18.0. The molecule has 0 fully saturated rings. The van der Waals surface area contributed by atoms with Crippen molar-refractivity contribution in [1.82, 2.24) is 0 Å². The second kappa shape index (κ2) is 7.61. The highest BCUT2D eigenvalue weighted by atomic mass is 19.2. The number of aryl methyl sites for hydroxylation is 2. The van der Waals surface area contributed by atoms with Crippen molar-refractivity contribution in [3.8, 4) is 11.1 Å². The van der Waals surface area contributed by atoms with Crippen molar-refractivity contribution in [3.63, 3.8) is 0 Å². The van der Waals surface area contributed by atoms with Gasteiger partial charge in [0.1, 0.15) is 5.82 Å². The average molecular weight is 352 g/mol. The van der Waals surface area contributed by atoms with E-state index in [1.165, 1.54) is 13.0 Å². The maximum absolute atomic E-state index is 14.2. The molecule has 0 unspecified atom stereocenters. The Morgan fingerprint density at radius 1 is 0.808 bits per heavy atom. The molecule has 3 heteroatoms. The largest absolute Gasteiger partial charge is 0.206 e. The quantitative estimate of drug-likeness (QED) is 0.452. The van der Waals surface area contributed by atoms with Gasteiger partial charge in [-0.25, -0.2) is 13.2 Å². The number of rotatable bonds is 4. The first-order valence-electron chi connectivity index (χ1n) is 8.51. The van der Waals surface area contributed by atoms with E-state index in [1.807, 2.05) is 37.3 Å². The van der Waals surface area contributed by atoms with Crippen LogP contribution < -0.4 is 0 Å². The smallest absolute Gasteiger partial charge is 0.166 e. The fraction of sp³-hybridized carbons (Fsp3) is 0.130. The predicted molar refractivity (Wildman–Crippen MR) is 101 cm³/mol. The zero-order chi connectivity index (χ0) is 18.7. The van der Waals surface area contributed by atoms with Crippen LogP contribution in [0.5, 0.6) is 0 Å². The summed E-state index contributed by atoms with van der Waals surface area (Å²) in [6.07, 6.45) is 4.02. The van der Waals surface area contributed by atoms with Crippen LogP contribution >= 0.6 is 0 Å². The van der Waals surface area contributed by atoms with Crippen LogP contribution in [0.1, 0.15) is 29.2 Å². The highest BCUT2D eigenvalue weighted by Crippen LogP contribution is 2.25. The number of benzene rings is 3. The maximum Gasteiger partial charge on any atom is 0.166 e. The molecule has 0 N–H and O–H groups in total. The Bertz CT molecular complexity index is 954. The SMILES string of the molecule is CCc1ccc(-c2ccc(C=Cc3ccc(C)c(F)c3F)cc2)c(F)c1. The van der Waals surface area contributed by atoms with E-state index in [4.69, 9.17) is 0 Å². The van der Waals surface area contributed by atoms with E-state index in [9.17, 15) is 13.2 Å². The van der Waals surface area contributed by atoms with E-state index in [1.54, 1.807) is 30.3 Å². The molecule has 3 rings (SSSR count). The van der Waals surface area contributed by atoms with E-state index in [0.717, 1.165) is 23.1 Å². The summed E-state index contributed by atoms with van der Waals surface area (Å²) in [7, 11) is 0. The third kappa shape index (κ3) is 3.72.